The van der Waals surface area contributed by atoms with Crippen molar-refractivity contribution >= 4 is 16.1 Å². The number of benzene rings is 1. The van der Waals surface area contributed by atoms with Crippen LogP contribution in [0.4, 0.5) is 4.79 Å². The molecule has 1 fully saturated rings. The second kappa shape index (κ2) is 9.26. The summed E-state index contributed by atoms with van der Waals surface area (Å²) < 4.78 is 34.8. The number of ether oxygens (including phenoxy) is 1. The van der Waals surface area contributed by atoms with Crippen LogP contribution in [0.15, 0.2) is 27.9 Å². The predicted octanol–water partition coefficient (Wildman–Crippen LogP) is 2.10. The van der Waals surface area contributed by atoms with Gasteiger partial charge in [0.25, 0.3) is 5.56 Å². The van der Waals surface area contributed by atoms with E-state index in [4.69, 9.17) is 4.74 Å². The smallest absolute Gasteiger partial charge is 0.409 e. The van der Waals surface area contributed by atoms with Gasteiger partial charge in [-0.05, 0) is 56.7 Å². The van der Waals surface area contributed by atoms with Crippen molar-refractivity contribution in [3.05, 3.63) is 45.2 Å². The zero-order valence-electron chi connectivity index (χ0n) is 19.3. The Kier molecular flexibility index (Phi) is 6.58. The molecule has 1 aromatic carbocycles. The Balaban J connectivity index is 1.67. The Morgan fingerprint density at radius 2 is 1.76 bits per heavy atom. The van der Waals surface area contributed by atoms with E-state index in [-0.39, 0.29) is 43.2 Å². The first-order chi connectivity index (χ1) is 15.7. The average molecular weight is 475 g/mol. The molecule has 1 amide bonds. The predicted molar refractivity (Wildman–Crippen MR) is 124 cm³/mol. The monoisotopic (exact) mass is 474 g/mol. The summed E-state index contributed by atoms with van der Waals surface area (Å²) in [5.41, 5.74) is 3.65. The van der Waals surface area contributed by atoms with Gasteiger partial charge in [0.15, 0.2) is 0 Å². The first-order valence-corrected chi connectivity index (χ1v) is 12.8. The second-order valence-electron chi connectivity index (χ2n) is 8.51. The van der Waals surface area contributed by atoms with Gasteiger partial charge in [-0.2, -0.15) is 9.40 Å². The summed E-state index contributed by atoms with van der Waals surface area (Å²) in [6, 6.07) is 5.33. The van der Waals surface area contributed by atoms with E-state index in [9.17, 15) is 18.0 Å². The van der Waals surface area contributed by atoms with Crippen molar-refractivity contribution in [1.29, 1.82) is 0 Å². The molecule has 1 aliphatic carbocycles. The van der Waals surface area contributed by atoms with E-state index in [2.05, 4.69) is 5.10 Å². The minimum Gasteiger partial charge on any atom is -0.450 e. The second-order valence-corrected chi connectivity index (χ2v) is 10.4. The lowest BCUT2D eigenvalue weighted by Crippen LogP contribution is -2.50. The topological polar surface area (TPSA) is 102 Å². The van der Waals surface area contributed by atoms with E-state index in [0.29, 0.717) is 16.8 Å². The van der Waals surface area contributed by atoms with E-state index in [0.717, 1.165) is 36.8 Å². The van der Waals surface area contributed by atoms with Crippen LogP contribution < -0.4 is 5.56 Å². The molecule has 4 rings (SSSR count). The van der Waals surface area contributed by atoms with Crippen molar-refractivity contribution in [2.45, 2.75) is 44.4 Å². The number of hydrogen-bond acceptors (Lipinski definition) is 6. The number of carbonyl (C=O) groups excluding carboxylic acids is 1. The van der Waals surface area contributed by atoms with Crippen LogP contribution in [0.3, 0.4) is 0 Å². The molecule has 0 bridgehead atoms. The average Bonchev–Trinajstić information content (AvgIpc) is 2.82. The molecule has 10 heteroatoms. The molecule has 178 valence electrons. The summed E-state index contributed by atoms with van der Waals surface area (Å²) in [6.07, 6.45) is 3.02. The lowest BCUT2D eigenvalue weighted by atomic mass is 9.89. The van der Waals surface area contributed by atoms with Crippen LogP contribution in [-0.4, -0.2) is 66.3 Å². The fourth-order valence-corrected chi connectivity index (χ4v) is 6.25. The van der Waals surface area contributed by atoms with Crippen LogP contribution in [-0.2, 0) is 34.6 Å². The van der Waals surface area contributed by atoms with E-state index in [1.807, 2.05) is 6.07 Å². The Morgan fingerprint density at radius 3 is 2.42 bits per heavy atom. The van der Waals surface area contributed by atoms with Crippen molar-refractivity contribution in [2.24, 2.45) is 7.05 Å². The first kappa shape index (κ1) is 23.4. The van der Waals surface area contributed by atoms with Crippen molar-refractivity contribution in [2.75, 3.05) is 32.8 Å². The quantitative estimate of drug-likeness (QED) is 0.673. The van der Waals surface area contributed by atoms with Crippen LogP contribution in [0.1, 0.15) is 36.5 Å². The maximum Gasteiger partial charge on any atom is 0.409 e. The maximum absolute atomic E-state index is 13.5. The largest absolute Gasteiger partial charge is 0.450 e. The van der Waals surface area contributed by atoms with Gasteiger partial charge in [-0.25, -0.2) is 17.9 Å². The van der Waals surface area contributed by atoms with Gasteiger partial charge in [0.1, 0.15) is 0 Å². The number of fused-ring (bicyclic) bond motifs is 1. The maximum atomic E-state index is 13.5. The van der Waals surface area contributed by atoms with Crippen LogP contribution in [0.2, 0.25) is 0 Å². The summed E-state index contributed by atoms with van der Waals surface area (Å²) in [7, 11) is -2.13. The molecule has 0 radical (unpaired) electrons. The van der Waals surface area contributed by atoms with Crippen molar-refractivity contribution in [3.8, 4) is 11.3 Å². The van der Waals surface area contributed by atoms with E-state index < -0.39 is 16.1 Å². The van der Waals surface area contributed by atoms with Gasteiger partial charge in [0.2, 0.25) is 10.0 Å². The third-order valence-electron chi connectivity index (χ3n) is 6.40. The highest BCUT2D eigenvalue weighted by Crippen LogP contribution is 2.31. The normalized spacial score (nSPS) is 17.0. The lowest BCUT2D eigenvalue weighted by Gasteiger charge is -2.33. The van der Waals surface area contributed by atoms with E-state index >= 15 is 0 Å². The van der Waals surface area contributed by atoms with Gasteiger partial charge in [-0.15, -0.1) is 0 Å². The molecule has 0 saturated carbocycles. The number of sulfonamides is 1. The Bertz CT molecular complexity index is 1230. The summed E-state index contributed by atoms with van der Waals surface area (Å²) in [6.45, 7) is 4.78. The van der Waals surface area contributed by atoms with Gasteiger partial charge in [-0.1, -0.05) is 12.1 Å². The van der Waals surface area contributed by atoms with Gasteiger partial charge in [0, 0.05) is 44.4 Å². The van der Waals surface area contributed by atoms with Gasteiger partial charge in [-0.3, -0.25) is 4.79 Å². The zero-order chi connectivity index (χ0) is 23.8. The Morgan fingerprint density at radius 1 is 1.09 bits per heavy atom. The summed E-state index contributed by atoms with van der Waals surface area (Å²) in [4.78, 5) is 26.3. The summed E-state index contributed by atoms with van der Waals surface area (Å²) in [5.74, 6) is 0. The third kappa shape index (κ3) is 4.41. The van der Waals surface area contributed by atoms with Crippen LogP contribution in [0.5, 0.6) is 0 Å². The van der Waals surface area contributed by atoms with E-state index in [1.54, 1.807) is 33.0 Å². The minimum absolute atomic E-state index is 0.0760. The van der Waals surface area contributed by atoms with E-state index in [1.165, 1.54) is 13.9 Å². The molecular weight excluding hydrogens is 444 g/mol. The number of piperazine rings is 1. The molecule has 1 saturated heterocycles. The highest BCUT2D eigenvalue weighted by molar-refractivity contribution is 7.89. The molecule has 1 aromatic heterocycles. The molecule has 0 unspecified atom stereocenters. The van der Waals surface area contributed by atoms with Crippen LogP contribution in [0, 0.1) is 6.92 Å². The van der Waals surface area contributed by atoms with Crippen molar-refractivity contribution in [1.82, 2.24) is 19.0 Å². The van der Waals surface area contributed by atoms with Gasteiger partial charge < -0.3 is 9.64 Å². The number of nitrogens with zero attached hydrogens (tertiary/aromatic N) is 4. The highest BCUT2D eigenvalue weighted by Gasteiger charge is 2.32. The minimum atomic E-state index is -3.77. The molecule has 0 N–H and O–H groups in total. The molecule has 1 aliphatic heterocycles. The number of aromatic nitrogens is 2. The third-order valence-corrected chi connectivity index (χ3v) is 8.44. The fraction of sp³-hybridized carbons (Fsp3) is 0.522. The molecule has 2 aliphatic rings. The SMILES string of the molecule is CCOC(=O)N1CCN(S(=O)(=O)c2cc(-c3nn(C)c(=O)c4c3CCCC4)ccc2C)CC1. The summed E-state index contributed by atoms with van der Waals surface area (Å²) >= 11 is 0. The molecular formula is C23H30N4O5S. The van der Waals surface area contributed by atoms with Crippen molar-refractivity contribution < 1.29 is 17.9 Å². The Hall–Kier alpha value is -2.72. The number of amides is 1. The molecule has 2 aromatic rings. The molecule has 9 nitrogen and oxygen atoms in total. The molecule has 0 atom stereocenters. The molecule has 0 spiro atoms. The number of carbonyl (C=O) groups is 1. The summed E-state index contributed by atoms with van der Waals surface area (Å²) in [5, 5.41) is 4.51. The number of rotatable bonds is 4. The van der Waals surface area contributed by atoms with Gasteiger partial charge >= 0.3 is 6.09 Å². The standard InChI is InChI=1S/C23H30N4O5S/c1-4-32-23(29)26-11-13-27(14-12-26)33(30,31)20-15-17(10-9-16(20)2)21-18-7-5-6-8-19(18)22(28)25(3)24-21/h9-10,15H,4-8,11-14H2,1-3H3. The Labute approximate surface area is 194 Å². The number of hydrogen-bond donors (Lipinski definition) is 0. The number of aryl methyl sites for hydroxylation is 2. The molecule has 2 heterocycles. The van der Waals surface area contributed by atoms with Crippen molar-refractivity contribution in [3.63, 3.8) is 0 Å². The first-order valence-electron chi connectivity index (χ1n) is 11.4. The van der Waals surface area contributed by atoms with Crippen LogP contribution in [0.25, 0.3) is 11.3 Å². The molecule has 33 heavy (non-hydrogen) atoms. The van der Waals surface area contributed by atoms with Crippen LogP contribution >= 0.6 is 0 Å². The highest BCUT2D eigenvalue weighted by atomic mass is 32.2. The van der Waals surface area contributed by atoms with Gasteiger partial charge in [0.05, 0.1) is 17.2 Å². The lowest BCUT2D eigenvalue weighted by molar-refractivity contribution is 0.0934. The zero-order valence-corrected chi connectivity index (χ0v) is 20.2. The fourth-order valence-electron chi connectivity index (χ4n) is 4.58.